The van der Waals surface area contributed by atoms with Gasteiger partial charge in [0, 0.05) is 10.6 Å². The standard InChI is InChI=1S/C17H13ClN2O/c1-11-5-2-3-6-12(11)10-15-17(21)20-16(19-15)13-7-4-8-14(18)9-13/h2-10H,1H3,(H,19,20,21)/b15-10-. The Morgan fingerprint density at radius 1 is 1.14 bits per heavy atom. The molecule has 1 N–H and O–H groups in total. The molecule has 4 heteroatoms. The number of nitrogens with zero attached hydrogens (tertiary/aromatic N) is 1. The summed E-state index contributed by atoms with van der Waals surface area (Å²) in [5, 5.41) is 3.38. The summed E-state index contributed by atoms with van der Waals surface area (Å²) in [6.07, 6.45) is 1.79. The van der Waals surface area contributed by atoms with E-state index in [0.29, 0.717) is 16.6 Å². The second kappa shape index (κ2) is 5.54. The van der Waals surface area contributed by atoms with E-state index in [2.05, 4.69) is 10.3 Å². The summed E-state index contributed by atoms with van der Waals surface area (Å²) in [7, 11) is 0. The zero-order valence-electron chi connectivity index (χ0n) is 11.4. The monoisotopic (exact) mass is 296 g/mol. The lowest BCUT2D eigenvalue weighted by atomic mass is 10.1. The number of carbonyl (C=O) groups excluding carboxylic acids is 1. The van der Waals surface area contributed by atoms with Crippen LogP contribution in [0.4, 0.5) is 0 Å². The topological polar surface area (TPSA) is 41.5 Å². The Morgan fingerprint density at radius 2 is 1.95 bits per heavy atom. The second-order valence-electron chi connectivity index (χ2n) is 4.81. The van der Waals surface area contributed by atoms with Gasteiger partial charge in [-0.3, -0.25) is 4.79 Å². The van der Waals surface area contributed by atoms with Gasteiger partial charge in [0.2, 0.25) is 0 Å². The van der Waals surface area contributed by atoms with Crippen molar-refractivity contribution in [3.63, 3.8) is 0 Å². The maximum Gasteiger partial charge on any atom is 0.275 e. The summed E-state index contributed by atoms with van der Waals surface area (Å²) in [4.78, 5) is 16.4. The zero-order valence-corrected chi connectivity index (χ0v) is 12.2. The van der Waals surface area contributed by atoms with Crippen LogP contribution in [0.15, 0.2) is 59.2 Å². The molecular formula is C17H13ClN2O. The average Bonchev–Trinajstić information content (AvgIpc) is 2.83. The van der Waals surface area contributed by atoms with Crippen LogP contribution < -0.4 is 5.32 Å². The Hall–Kier alpha value is -2.39. The fraction of sp³-hybridized carbons (Fsp3) is 0.0588. The maximum atomic E-state index is 12.0. The van der Waals surface area contributed by atoms with E-state index in [-0.39, 0.29) is 5.91 Å². The highest BCUT2D eigenvalue weighted by Gasteiger charge is 2.21. The first-order chi connectivity index (χ1) is 10.1. The minimum Gasteiger partial charge on any atom is -0.305 e. The normalized spacial score (nSPS) is 16.0. The molecular weight excluding hydrogens is 284 g/mol. The van der Waals surface area contributed by atoms with Gasteiger partial charge in [-0.25, -0.2) is 4.99 Å². The number of rotatable bonds is 2. The molecule has 104 valence electrons. The number of aliphatic imine (C=N–C) groups is 1. The Morgan fingerprint density at radius 3 is 2.71 bits per heavy atom. The third-order valence-corrected chi connectivity index (χ3v) is 3.51. The van der Waals surface area contributed by atoms with Gasteiger partial charge < -0.3 is 5.32 Å². The number of nitrogens with one attached hydrogen (secondary N) is 1. The summed E-state index contributed by atoms with van der Waals surface area (Å²) >= 11 is 5.96. The smallest absolute Gasteiger partial charge is 0.275 e. The molecule has 0 fully saturated rings. The van der Waals surface area contributed by atoms with Crippen LogP contribution in [0.1, 0.15) is 16.7 Å². The lowest BCUT2D eigenvalue weighted by Crippen LogP contribution is -2.24. The fourth-order valence-corrected chi connectivity index (χ4v) is 2.33. The average molecular weight is 297 g/mol. The molecule has 0 aliphatic carbocycles. The van der Waals surface area contributed by atoms with Crippen molar-refractivity contribution in [1.82, 2.24) is 5.32 Å². The zero-order chi connectivity index (χ0) is 14.8. The van der Waals surface area contributed by atoms with E-state index in [1.54, 1.807) is 18.2 Å². The van der Waals surface area contributed by atoms with Crippen molar-refractivity contribution in [2.24, 2.45) is 4.99 Å². The predicted octanol–water partition coefficient (Wildman–Crippen LogP) is 3.57. The number of hydrogen-bond donors (Lipinski definition) is 1. The molecule has 3 nitrogen and oxygen atoms in total. The van der Waals surface area contributed by atoms with Gasteiger partial charge in [-0.15, -0.1) is 0 Å². The highest BCUT2D eigenvalue weighted by atomic mass is 35.5. The van der Waals surface area contributed by atoms with Gasteiger partial charge >= 0.3 is 0 Å². The second-order valence-corrected chi connectivity index (χ2v) is 5.25. The molecule has 0 saturated carbocycles. The van der Waals surface area contributed by atoms with E-state index in [1.165, 1.54) is 0 Å². The van der Waals surface area contributed by atoms with E-state index in [1.807, 2.05) is 43.3 Å². The summed E-state index contributed by atoms with van der Waals surface area (Å²) in [6.45, 7) is 2.00. The van der Waals surface area contributed by atoms with Crippen molar-refractivity contribution in [2.75, 3.05) is 0 Å². The van der Waals surface area contributed by atoms with Gasteiger partial charge in [0.1, 0.15) is 11.5 Å². The molecule has 1 aliphatic rings. The van der Waals surface area contributed by atoms with E-state index < -0.39 is 0 Å². The van der Waals surface area contributed by atoms with Gasteiger partial charge in [-0.05, 0) is 36.3 Å². The molecule has 0 spiro atoms. The van der Waals surface area contributed by atoms with Crippen LogP contribution >= 0.6 is 11.6 Å². The van der Waals surface area contributed by atoms with Crippen molar-refractivity contribution < 1.29 is 4.79 Å². The quantitative estimate of drug-likeness (QED) is 0.846. The Labute approximate surface area is 128 Å². The summed E-state index contributed by atoms with van der Waals surface area (Å²) < 4.78 is 0. The highest BCUT2D eigenvalue weighted by molar-refractivity contribution is 6.31. The summed E-state index contributed by atoms with van der Waals surface area (Å²) in [6, 6.07) is 15.1. The molecule has 0 bridgehead atoms. The minimum absolute atomic E-state index is 0.201. The molecule has 2 aromatic rings. The summed E-state index contributed by atoms with van der Waals surface area (Å²) in [5.74, 6) is 0.329. The Balaban J connectivity index is 1.98. The lowest BCUT2D eigenvalue weighted by Gasteiger charge is -2.00. The number of hydrogen-bond acceptors (Lipinski definition) is 2. The number of aryl methyl sites for hydroxylation is 1. The van der Waals surface area contributed by atoms with E-state index in [4.69, 9.17) is 11.6 Å². The van der Waals surface area contributed by atoms with Crippen LogP contribution in [0.5, 0.6) is 0 Å². The number of amidine groups is 1. The molecule has 1 heterocycles. The highest BCUT2D eigenvalue weighted by Crippen LogP contribution is 2.18. The molecule has 1 amide bonds. The van der Waals surface area contributed by atoms with Gasteiger partial charge in [-0.1, -0.05) is 48.0 Å². The van der Waals surface area contributed by atoms with Crippen LogP contribution in [-0.2, 0) is 4.79 Å². The third-order valence-electron chi connectivity index (χ3n) is 3.28. The van der Waals surface area contributed by atoms with Crippen molar-refractivity contribution in [3.05, 3.63) is 75.9 Å². The molecule has 0 aromatic heterocycles. The molecule has 0 saturated heterocycles. The minimum atomic E-state index is -0.201. The van der Waals surface area contributed by atoms with Crippen molar-refractivity contribution in [3.8, 4) is 0 Å². The first kappa shape index (κ1) is 13.6. The number of halogens is 1. The third kappa shape index (κ3) is 2.88. The van der Waals surface area contributed by atoms with Gasteiger partial charge in [0.25, 0.3) is 5.91 Å². The number of amides is 1. The fourth-order valence-electron chi connectivity index (χ4n) is 2.14. The summed E-state index contributed by atoms with van der Waals surface area (Å²) in [5.41, 5.74) is 3.28. The van der Waals surface area contributed by atoms with E-state index >= 15 is 0 Å². The van der Waals surface area contributed by atoms with Crippen molar-refractivity contribution in [2.45, 2.75) is 6.92 Å². The van der Waals surface area contributed by atoms with Gasteiger partial charge in [0.05, 0.1) is 0 Å². The van der Waals surface area contributed by atoms with Crippen LogP contribution in [0, 0.1) is 6.92 Å². The molecule has 0 atom stereocenters. The first-order valence-corrected chi connectivity index (χ1v) is 6.94. The van der Waals surface area contributed by atoms with Crippen molar-refractivity contribution >= 4 is 29.4 Å². The SMILES string of the molecule is Cc1ccccc1/C=C1\N=C(c2cccc(Cl)c2)NC1=O. The molecule has 2 aromatic carbocycles. The lowest BCUT2D eigenvalue weighted by molar-refractivity contribution is -0.115. The van der Waals surface area contributed by atoms with Crippen LogP contribution in [0.2, 0.25) is 5.02 Å². The van der Waals surface area contributed by atoms with Gasteiger partial charge in [0.15, 0.2) is 0 Å². The van der Waals surface area contributed by atoms with Crippen molar-refractivity contribution in [1.29, 1.82) is 0 Å². The van der Waals surface area contributed by atoms with Crippen LogP contribution in [0.25, 0.3) is 6.08 Å². The van der Waals surface area contributed by atoms with E-state index in [0.717, 1.165) is 16.7 Å². The first-order valence-electron chi connectivity index (χ1n) is 6.57. The Bertz CT molecular complexity index is 778. The maximum absolute atomic E-state index is 12.0. The number of benzene rings is 2. The predicted molar refractivity (Wildman–Crippen MR) is 85.3 cm³/mol. The largest absolute Gasteiger partial charge is 0.305 e. The van der Waals surface area contributed by atoms with Crippen LogP contribution in [0.3, 0.4) is 0 Å². The molecule has 3 rings (SSSR count). The van der Waals surface area contributed by atoms with E-state index in [9.17, 15) is 4.79 Å². The molecule has 21 heavy (non-hydrogen) atoms. The number of carbonyl (C=O) groups is 1. The Kier molecular flexibility index (Phi) is 3.59. The molecule has 1 aliphatic heterocycles. The molecule has 0 unspecified atom stereocenters. The van der Waals surface area contributed by atoms with Gasteiger partial charge in [-0.2, -0.15) is 0 Å². The van der Waals surface area contributed by atoms with Crippen LogP contribution in [-0.4, -0.2) is 11.7 Å². The molecule has 0 radical (unpaired) electrons.